The molecule has 0 aliphatic heterocycles. The number of hydrogen-bond donors (Lipinski definition) is 1. The van der Waals surface area contributed by atoms with Gasteiger partial charge in [0.05, 0.1) is 23.8 Å². The minimum atomic E-state index is -0.583. The van der Waals surface area contributed by atoms with Gasteiger partial charge in [-0.25, -0.2) is 13.8 Å². The molecule has 0 spiro atoms. The summed E-state index contributed by atoms with van der Waals surface area (Å²) in [6, 6.07) is 8.28. The monoisotopic (exact) mass is 275 g/mol. The van der Waals surface area contributed by atoms with Crippen molar-refractivity contribution in [2.24, 2.45) is 0 Å². The van der Waals surface area contributed by atoms with E-state index in [-0.39, 0.29) is 11.6 Å². The van der Waals surface area contributed by atoms with E-state index in [0.717, 1.165) is 18.2 Å². The van der Waals surface area contributed by atoms with Crippen molar-refractivity contribution in [3.05, 3.63) is 48.0 Å². The maximum atomic E-state index is 13.9. The lowest BCUT2D eigenvalue weighted by molar-refractivity contribution is 0.415. The van der Waals surface area contributed by atoms with Gasteiger partial charge in [0.25, 0.3) is 0 Å². The fourth-order valence-corrected chi connectivity index (χ4v) is 2.11. The summed E-state index contributed by atoms with van der Waals surface area (Å²) < 4.78 is 33.8. The van der Waals surface area contributed by atoms with Crippen molar-refractivity contribution in [2.45, 2.75) is 0 Å². The lowest BCUT2D eigenvalue weighted by atomic mass is 10.2. The number of aromatic nitrogens is 2. The molecule has 1 aromatic heterocycles. The largest absolute Gasteiger partial charge is 0.497 e. The van der Waals surface area contributed by atoms with Crippen molar-refractivity contribution >= 4 is 17.0 Å². The van der Waals surface area contributed by atoms with E-state index in [1.54, 1.807) is 18.2 Å². The predicted molar refractivity (Wildman–Crippen MR) is 72.0 cm³/mol. The highest BCUT2D eigenvalue weighted by atomic mass is 19.1. The number of anilines is 1. The van der Waals surface area contributed by atoms with Crippen LogP contribution in [-0.4, -0.2) is 16.7 Å². The van der Waals surface area contributed by atoms with Gasteiger partial charge in [0, 0.05) is 12.1 Å². The van der Waals surface area contributed by atoms with Crippen LogP contribution in [0.3, 0.4) is 0 Å². The van der Waals surface area contributed by atoms with Crippen LogP contribution < -0.4 is 10.5 Å². The summed E-state index contributed by atoms with van der Waals surface area (Å²) in [7, 11) is 1.52. The first kappa shape index (κ1) is 12.4. The molecule has 2 aromatic carbocycles. The van der Waals surface area contributed by atoms with E-state index in [1.807, 2.05) is 0 Å². The van der Waals surface area contributed by atoms with E-state index in [2.05, 4.69) is 4.98 Å². The van der Waals surface area contributed by atoms with Crippen LogP contribution in [-0.2, 0) is 0 Å². The molecule has 20 heavy (non-hydrogen) atoms. The van der Waals surface area contributed by atoms with Crippen LogP contribution in [0.4, 0.5) is 14.7 Å². The Balaban J connectivity index is 2.34. The van der Waals surface area contributed by atoms with Gasteiger partial charge in [0.15, 0.2) is 0 Å². The summed E-state index contributed by atoms with van der Waals surface area (Å²) in [5.74, 6) is -0.473. The highest BCUT2D eigenvalue weighted by Crippen LogP contribution is 2.28. The van der Waals surface area contributed by atoms with Crippen LogP contribution >= 0.6 is 0 Å². The average Bonchev–Trinajstić information content (AvgIpc) is 2.76. The summed E-state index contributed by atoms with van der Waals surface area (Å²) in [4.78, 5) is 4.13. The van der Waals surface area contributed by atoms with Gasteiger partial charge in [-0.1, -0.05) is 0 Å². The summed E-state index contributed by atoms with van der Waals surface area (Å²) in [6.07, 6.45) is 0. The second-order valence-corrected chi connectivity index (χ2v) is 4.26. The molecule has 0 aliphatic rings. The first-order valence-corrected chi connectivity index (χ1v) is 5.87. The Morgan fingerprint density at radius 3 is 2.70 bits per heavy atom. The Labute approximate surface area is 113 Å². The van der Waals surface area contributed by atoms with Crippen molar-refractivity contribution in [3.63, 3.8) is 0 Å². The predicted octanol–water partition coefficient (Wildman–Crippen LogP) is 2.89. The molecule has 1 heterocycles. The number of imidazole rings is 1. The lowest BCUT2D eigenvalue weighted by Crippen LogP contribution is -2.03. The third-order valence-corrected chi connectivity index (χ3v) is 3.04. The molecule has 3 rings (SSSR count). The minimum Gasteiger partial charge on any atom is -0.497 e. The van der Waals surface area contributed by atoms with Crippen LogP contribution in [0.15, 0.2) is 36.4 Å². The molecular weight excluding hydrogens is 264 g/mol. The Morgan fingerprint density at radius 1 is 1.15 bits per heavy atom. The molecule has 0 radical (unpaired) electrons. The normalized spacial score (nSPS) is 10.9. The average molecular weight is 275 g/mol. The number of hydrogen-bond acceptors (Lipinski definition) is 3. The highest BCUT2D eigenvalue weighted by molar-refractivity contribution is 5.82. The van der Waals surface area contributed by atoms with Gasteiger partial charge in [0.1, 0.15) is 17.4 Å². The number of ether oxygens (including phenoxy) is 1. The van der Waals surface area contributed by atoms with E-state index >= 15 is 0 Å². The number of benzene rings is 2. The van der Waals surface area contributed by atoms with Crippen molar-refractivity contribution in [2.75, 3.05) is 12.8 Å². The SMILES string of the molecule is COc1ccc2nc(N)n(-c3cc(F)ccc3F)c2c1. The number of nitrogens with two attached hydrogens (primary N) is 1. The topological polar surface area (TPSA) is 53.1 Å². The quantitative estimate of drug-likeness (QED) is 0.782. The van der Waals surface area contributed by atoms with Gasteiger partial charge in [-0.15, -0.1) is 0 Å². The van der Waals surface area contributed by atoms with Crippen LogP contribution in [0.2, 0.25) is 0 Å². The Kier molecular flexibility index (Phi) is 2.78. The van der Waals surface area contributed by atoms with E-state index < -0.39 is 11.6 Å². The first-order valence-electron chi connectivity index (χ1n) is 5.87. The van der Waals surface area contributed by atoms with Crippen LogP contribution in [0.1, 0.15) is 0 Å². The summed E-state index contributed by atoms with van der Waals surface area (Å²) in [5, 5.41) is 0. The molecule has 0 saturated carbocycles. The third-order valence-electron chi connectivity index (χ3n) is 3.04. The minimum absolute atomic E-state index is 0.0123. The second kappa shape index (κ2) is 4.48. The smallest absolute Gasteiger partial charge is 0.206 e. The molecular formula is C14H11F2N3O. The van der Waals surface area contributed by atoms with Crippen LogP contribution in [0.25, 0.3) is 16.7 Å². The molecule has 0 fully saturated rings. The van der Waals surface area contributed by atoms with Crippen molar-refractivity contribution in [3.8, 4) is 11.4 Å². The summed E-state index contributed by atoms with van der Waals surface area (Å²) in [5.41, 5.74) is 6.95. The van der Waals surface area contributed by atoms with Crippen molar-refractivity contribution in [1.29, 1.82) is 0 Å². The molecule has 0 saturated heterocycles. The van der Waals surface area contributed by atoms with Gasteiger partial charge in [0.2, 0.25) is 5.95 Å². The Hall–Kier alpha value is -2.63. The number of nitrogen functional groups attached to an aromatic ring is 1. The molecule has 0 amide bonds. The highest BCUT2D eigenvalue weighted by Gasteiger charge is 2.15. The molecule has 0 bridgehead atoms. The first-order chi connectivity index (χ1) is 9.60. The van der Waals surface area contributed by atoms with E-state index in [1.165, 1.54) is 11.7 Å². The lowest BCUT2D eigenvalue weighted by Gasteiger charge is -2.08. The van der Waals surface area contributed by atoms with Gasteiger partial charge in [-0.05, 0) is 24.3 Å². The molecule has 4 nitrogen and oxygen atoms in total. The van der Waals surface area contributed by atoms with E-state index in [9.17, 15) is 8.78 Å². The molecule has 0 unspecified atom stereocenters. The zero-order valence-corrected chi connectivity index (χ0v) is 10.6. The van der Waals surface area contributed by atoms with Crippen molar-refractivity contribution < 1.29 is 13.5 Å². The molecule has 0 aliphatic carbocycles. The van der Waals surface area contributed by atoms with Gasteiger partial charge >= 0.3 is 0 Å². The Morgan fingerprint density at radius 2 is 1.95 bits per heavy atom. The Bertz CT molecular complexity index is 798. The number of nitrogens with zero attached hydrogens (tertiary/aromatic N) is 2. The number of halogens is 2. The number of methoxy groups -OCH3 is 1. The molecule has 6 heteroatoms. The van der Waals surface area contributed by atoms with E-state index in [4.69, 9.17) is 10.5 Å². The fourth-order valence-electron chi connectivity index (χ4n) is 2.11. The molecule has 0 atom stereocenters. The van der Waals surface area contributed by atoms with Crippen LogP contribution in [0, 0.1) is 11.6 Å². The van der Waals surface area contributed by atoms with Crippen molar-refractivity contribution in [1.82, 2.24) is 9.55 Å². The fraction of sp³-hybridized carbons (Fsp3) is 0.0714. The second-order valence-electron chi connectivity index (χ2n) is 4.26. The maximum absolute atomic E-state index is 13.9. The summed E-state index contributed by atoms with van der Waals surface area (Å²) >= 11 is 0. The number of rotatable bonds is 2. The zero-order chi connectivity index (χ0) is 14.3. The molecule has 3 aromatic rings. The molecule has 102 valence electrons. The van der Waals surface area contributed by atoms with Crippen LogP contribution in [0.5, 0.6) is 5.75 Å². The van der Waals surface area contributed by atoms with Gasteiger partial charge < -0.3 is 10.5 Å². The molecule has 2 N–H and O–H groups in total. The standard InChI is InChI=1S/C14H11F2N3O/c1-20-9-3-5-11-13(7-9)19(14(17)18-11)12-6-8(15)2-4-10(12)16/h2-7H,1H3,(H2,17,18). The maximum Gasteiger partial charge on any atom is 0.206 e. The zero-order valence-electron chi connectivity index (χ0n) is 10.6. The van der Waals surface area contributed by atoms with E-state index in [0.29, 0.717) is 16.8 Å². The van der Waals surface area contributed by atoms with Gasteiger partial charge in [-0.2, -0.15) is 0 Å². The number of fused-ring (bicyclic) bond motifs is 1. The third kappa shape index (κ3) is 1.85. The summed E-state index contributed by atoms with van der Waals surface area (Å²) in [6.45, 7) is 0. The van der Waals surface area contributed by atoms with Gasteiger partial charge in [-0.3, -0.25) is 4.57 Å².